The van der Waals surface area contributed by atoms with Crippen LogP contribution < -0.4 is 0 Å². The van der Waals surface area contributed by atoms with Gasteiger partial charge in [-0.3, -0.25) is 0 Å². The molecule has 0 amide bonds. The minimum Gasteiger partial charge on any atom is -0.396 e. The summed E-state index contributed by atoms with van der Waals surface area (Å²) in [4.78, 5) is 2.28. The smallest absolute Gasteiger partial charge is 0.0839 e. The predicted molar refractivity (Wildman–Crippen MR) is 66.4 cm³/mol. The monoisotopic (exact) mass is 230 g/mol. The fourth-order valence-electron chi connectivity index (χ4n) is 2.39. The summed E-state index contributed by atoms with van der Waals surface area (Å²) in [5.74, 6) is 0.332. The first-order valence-corrected chi connectivity index (χ1v) is 6.11. The lowest BCUT2D eigenvalue weighted by molar-refractivity contribution is 0.221. The van der Waals surface area contributed by atoms with E-state index >= 15 is 0 Å². The molecule has 1 aromatic carbocycles. The molecule has 2 unspecified atom stereocenters. The maximum Gasteiger partial charge on any atom is 0.0839 e. The molecule has 1 fully saturated rings. The van der Waals surface area contributed by atoms with Gasteiger partial charge < -0.3 is 10.0 Å². The number of rotatable bonds is 4. The summed E-state index contributed by atoms with van der Waals surface area (Å²) >= 11 is 0. The van der Waals surface area contributed by atoms with Crippen LogP contribution >= 0.6 is 0 Å². The third kappa shape index (κ3) is 3.06. The number of aliphatic hydroxyl groups excluding tert-OH is 1. The molecule has 2 atom stereocenters. The summed E-state index contributed by atoms with van der Waals surface area (Å²) in [7, 11) is 0. The van der Waals surface area contributed by atoms with Crippen LogP contribution in [0.3, 0.4) is 0 Å². The molecule has 1 heterocycles. The summed E-state index contributed by atoms with van der Waals surface area (Å²) in [6, 6.07) is 12.3. The fraction of sp³-hybridized carbons (Fsp3) is 0.500. The van der Waals surface area contributed by atoms with Gasteiger partial charge in [0, 0.05) is 19.7 Å². The first-order valence-electron chi connectivity index (χ1n) is 6.11. The van der Waals surface area contributed by atoms with Crippen LogP contribution in [-0.4, -0.2) is 36.2 Å². The van der Waals surface area contributed by atoms with Gasteiger partial charge in [0.1, 0.15) is 0 Å². The van der Waals surface area contributed by atoms with E-state index in [9.17, 15) is 5.26 Å². The molecule has 3 nitrogen and oxygen atoms in total. The van der Waals surface area contributed by atoms with Gasteiger partial charge in [-0.15, -0.1) is 0 Å². The SMILES string of the molecule is N#CC(CN1CCC(CO)C1)c1ccccc1. The first-order chi connectivity index (χ1) is 8.33. The molecule has 0 bridgehead atoms. The normalized spacial score (nSPS) is 22.2. The van der Waals surface area contributed by atoms with E-state index in [2.05, 4.69) is 11.0 Å². The first kappa shape index (κ1) is 12.1. The molecule has 0 aliphatic carbocycles. The Kier molecular flexibility index (Phi) is 4.13. The summed E-state index contributed by atoms with van der Waals surface area (Å²) in [5.41, 5.74) is 1.09. The van der Waals surface area contributed by atoms with Gasteiger partial charge in [0.2, 0.25) is 0 Å². The number of likely N-dealkylation sites (tertiary alicyclic amines) is 1. The molecule has 0 radical (unpaired) electrons. The van der Waals surface area contributed by atoms with Crippen molar-refractivity contribution in [1.29, 1.82) is 5.26 Å². The van der Waals surface area contributed by atoms with Gasteiger partial charge >= 0.3 is 0 Å². The van der Waals surface area contributed by atoms with Gasteiger partial charge in [-0.1, -0.05) is 30.3 Å². The molecular formula is C14H18N2O. The van der Waals surface area contributed by atoms with E-state index < -0.39 is 0 Å². The maximum absolute atomic E-state index is 9.24. The zero-order chi connectivity index (χ0) is 12.1. The van der Waals surface area contributed by atoms with Crippen LogP contribution in [0.1, 0.15) is 17.9 Å². The van der Waals surface area contributed by atoms with Gasteiger partial charge in [0.15, 0.2) is 0 Å². The maximum atomic E-state index is 9.24. The van der Waals surface area contributed by atoms with E-state index in [-0.39, 0.29) is 12.5 Å². The molecule has 1 aromatic rings. The lowest BCUT2D eigenvalue weighted by atomic mass is 10.0. The minimum atomic E-state index is -0.0614. The Morgan fingerprint density at radius 3 is 2.76 bits per heavy atom. The van der Waals surface area contributed by atoms with E-state index in [1.54, 1.807) is 0 Å². The minimum absolute atomic E-state index is 0.0614. The Labute approximate surface area is 102 Å². The molecular weight excluding hydrogens is 212 g/mol. The van der Waals surface area contributed by atoms with Crippen molar-refractivity contribution in [3.8, 4) is 6.07 Å². The Bertz CT molecular complexity index is 385. The van der Waals surface area contributed by atoms with E-state index in [1.807, 2.05) is 30.3 Å². The highest BCUT2D eigenvalue weighted by Gasteiger charge is 2.24. The number of hydrogen-bond donors (Lipinski definition) is 1. The van der Waals surface area contributed by atoms with Crippen molar-refractivity contribution in [2.24, 2.45) is 5.92 Å². The molecule has 0 aromatic heterocycles. The third-order valence-electron chi connectivity index (χ3n) is 3.43. The Hall–Kier alpha value is -1.37. The van der Waals surface area contributed by atoms with Gasteiger partial charge in [-0.2, -0.15) is 5.26 Å². The van der Waals surface area contributed by atoms with Gasteiger partial charge in [0.05, 0.1) is 12.0 Å². The van der Waals surface area contributed by atoms with E-state index in [0.29, 0.717) is 5.92 Å². The topological polar surface area (TPSA) is 47.3 Å². The van der Waals surface area contributed by atoms with Crippen LogP contribution in [0.5, 0.6) is 0 Å². The second-order valence-electron chi connectivity index (χ2n) is 4.69. The highest BCUT2D eigenvalue weighted by molar-refractivity contribution is 5.25. The van der Waals surface area contributed by atoms with Crippen LogP contribution in [0, 0.1) is 17.2 Å². The highest BCUT2D eigenvalue weighted by atomic mass is 16.3. The number of aliphatic hydroxyl groups is 1. The van der Waals surface area contributed by atoms with Crippen LogP contribution in [0.15, 0.2) is 30.3 Å². The van der Waals surface area contributed by atoms with Crippen molar-refractivity contribution in [2.75, 3.05) is 26.2 Å². The zero-order valence-electron chi connectivity index (χ0n) is 9.92. The molecule has 3 heteroatoms. The molecule has 90 valence electrons. The van der Waals surface area contributed by atoms with Crippen molar-refractivity contribution in [1.82, 2.24) is 4.90 Å². The largest absolute Gasteiger partial charge is 0.396 e. The molecule has 2 rings (SSSR count). The molecule has 0 saturated carbocycles. The second-order valence-corrected chi connectivity index (χ2v) is 4.69. The van der Waals surface area contributed by atoms with Crippen molar-refractivity contribution >= 4 is 0 Å². The highest BCUT2D eigenvalue weighted by Crippen LogP contribution is 2.21. The summed E-state index contributed by atoms with van der Waals surface area (Å²) in [6.07, 6.45) is 1.05. The molecule has 1 N–H and O–H groups in total. The van der Waals surface area contributed by atoms with Gasteiger partial charge in [-0.25, -0.2) is 0 Å². The molecule has 1 aliphatic heterocycles. The third-order valence-corrected chi connectivity index (χ3v) is 3.43. The fourth-order valence-corrected chi connectivity index (χ4v) is 2.39. The van der Waals surface area contributed by atoms with E-state index in [1.165, 1.54) is 0 Å². The standard InChI is InChI=1S/C14H18N2O/c15-8-14(13-4-2-1-3-5-13)10-16-7-6-12(9-16)11-17/h1-5,12,14,17H,6-7,9-11H2. The van der Waals surface area contributed by atoms with Gasteiger partial charge in [0.25, 0.3) is 0 Å². The zero-order valence-corrected chi connectivity index (χ0v) is 9.92. The Morgan fingerprint density at radius 1 is 1.41 bits per heavy atom. The quantitative estimate of drug-likeness (QED) is 0.854. The van der Waals surface area contributed by atoms with Crippen LogP contribution in [0.2, 0.25) is 0 Å². The van der Waals surface area contributed by atoms with Gasteiger partial charge in [-0.05, 0) is 24.4 Å². The average molecular weight is 230 g/mol. The van der Waals surface area contributed by atoms with E-state index in [0.717, 1.165) is 31.6 Å². The van der Waals surface area contributed by atoms with Crippen molar-refractivity contribution in [2.45, 2.75) is 12.3 Å². The number of nitriles is 1. The summed E-state index contributed by atoms with van der Waals surface area (Å²) in [6.45, 7) is 2.95. The molecule has 1 saturated heterocycles. The second kappa shape index (κ2) is 5.81. The molecule has 1 aliphatic rings. The number of nitrogens with zero attached hydrogens (tertiary/aromatic N) is 2. The Balaban J connectivity index is 1.96. The van der Waals surface area contributed by atoms with Crippen molar-refractivity contribution in [3.63, 3.8) is 0 Å². The lowest BCUT2D eigenvalue weighted by Crippen LogP contribution is -2.26. The average Bonchev–Trinajstić information content (AvgIpc) is 2.84. The summed E-state index contributed by atoms with van der Waals surface area (Å²) in [5, 5.41) is 18.3. The number of benzene rings is 1. The molecule has 0 spiro atoms. The van der Waals surface area contributed by atoms with E-state index in [4.69, 9.17) is 5.11 Å². The molecule has 17 heavy (non-hydrogen) atoms. The summed E-state index contributed by atoms with van der Waals surface area (Å²) < 4.78 is 0. The van der Waals surface area contributed by atoms with Crippen LogP contribution in [0.25, 0.3) is 0 Å². The predicted octanol–water partition coefficient (Wildman–Crippen LogP) is 1.61. The van der Waals surface area contributed by atoms with Crippen LogP contribution in [-0.2, 0) is 0 Å². The van der Waals surface area contributed by atoms with Crippen molar-refractivity contribution < 1.29 is 5.11 Å². The lowest BCUT2D eigenvalue weighted by Gasteiger charge is -2.19. The Morgan fingerprint density at radius 2 is 2.18 bits per heavy atom. The number of hydrogen-bond acceptors (Lipinski definition) is 3. The van der Waals surface area contributed by atoms with Crippen molar-refractivity contribution in [3.05, 3.63) is 35.9 Å². The van der Waals surface area contributed by atoms with Crippen LogP contribution in [0.4, 0.5) is 0 Å².